The van der Waals surface area contributed by atoms with Crippen LogP contribution in [0, 0.1) is 0 Å². The van der Waals surface area contributed by atoms with Gasteiger partial charge in [-0.05, 0) is 16.7 Å². The molecule has 0 aliphatic carbocycles. The highest BCUT2D eigenvalue weighted by Crippen LogP contribution is 2.46. The van der Waals surface area contributed by atoms with E-state index in [-0.39, 0.29) is 19.8 Å². The first-order valence-electron chi connectivity index (χ1n) is 13.2. The molecule has 2 aliphatic rings. The van der Waals surface area contributed by atoms with Gasteiger partial charge in [0.2, 0.25) is 0 Å². The summed E-state index contributed by atoms with van der Waals surface area (Å²) in [5.74, 6) is 0. The molecule has 7 nitrogen and oxygen atoms in total. The minimum absolute atomic E-state index is 0.248. The standard InChI is InChI=1S/C32H36O7/c1-3-26(33)28-29(36-20-24-15-9-5-10-16-24)32(38-21-25-17-11-6-12-18-25)27(22-37-30(32)31(34-2)39-28)35-19-23-13-7-4-8-14-23/h3-18,26-31,33H,1,19-22H2,2H3/t26-,27+,28?,29?,30?,31?,32?/m1/s1. The third-order valence-electron chi connectivity index (χ3n) is 7.37. The normalized spacial score (nSPS) is 29.0. The van der Waals surface area contributed by atoms with Crippen LogP contribution in [0.1, 0.15) is 16.7 Å². The SMILES string of the molecule is C=C[C@@H](O)C1OC(OC)C2OC[C@H](OCc3ccccc3)C2(OCc2ccccc2)C1OCc1ccccc1. The maximum absolute atomic E-state index is 11.1. The van der Waals surface area contributed by atoms with E-state index in [2.05, 4.69) is 6.58 Å². The molecule has 7 atom stereocenters. The number of hydrogen-bond donors (Lipinski definition) is 1. The Labute approximate surface area is 229 Å². The van der Waals surface area contributed by atoms with Gasteiger partial charge in [0.05, 0.1) is 26.4 Å². The summed E-state index contributed by atoms with van der Waals surface area (Å²) < 4.78 is 38.3. The van der Waals surface area contributed by atoms with Crippen molar-refractivity contribution in [3.8, 4) is 0 Å². The quantitative estimate of drug-likeness (QED) is 0.346. The van der Waals surface area contributed by atoms with Gasteiger partial charge in [0.1, 0.15) is 30.5 Å². The fourth-order valence-corrected chi connectivity index (χ4v) is 5.37. The molecule has 5 rings (SSSR count). The average Bonchev–Trinajstić information content (AvgIpc) is 3.38. The molecular formula is C32H36O7. The number of aliphatic hydroxyl groups is 1. The molecule has 0 radical (unpaired) electrons. The molecule has 39 heavy (non-hydrogen) atoms. The van der Waals surface area contributed by atoms with Gasteiger partial charge in [-0.2, -0.15) is 0 Å². The lowest BCUT2D eigenvalue weighted by Crippen LogP contribution is -2.72. The lowest BCUT2D eigenvalue weighted by atomic mass is 9.79. The Morgan fingerprint density at radius 2 is 1.41 bits per heavy atom. The van der Waals surface area contributed by atoms with Crippen molar-refractivity contribution in [3.05, 3.63) is 120 Å². The number of benzene rings is 3. The summed E-state index contributed by atoms with van der Waals surface area (Å²) >= 11 is 0. The Hall–Kier alpha value is -2.88. The summed E-state index contributed by atoms with van der Waals surface area (Å²) in [7, 11) is 1.55. The summed E-state index contributed by atoms with van der Waals surface area (Å²) in [6, 6.07) is 29.7. The van der Waals surface area contributed by atoms with E-state index in [0.29, 0.717) is 6.61 Å². The Bertz CT molecular complexity index is 1160. The van der Waals surface area contributed by atoms with Crippen LogP contribution in [0.2, 0.25) is 0 Å². The first kappa shape index (κ1) is 27.7. The zero-order chi connectivity index (χ0) is 27.1. The highest BCUT2D eigenvalue weighted by atomic mass is 16.7. The first-order chi connectivity index (χ1) is 19.2. The maximum atomic E-state index is 11.1. The van der Waals surface area contributed by atoms with E-state index in [1.807, 2.05) is 91.0 Å². The van der Waals surface area contributed by atoms with Crippen molar-refractivity contribution in [2.45, 2.75) is 62.2 Å². The van der Waals surface area contributed by atoms with E-state index in [4.69, 9.17) is 28.4 Å². The van der Waals surface area contributed by atoms with Gasteiger partial charge in [0.15, 0.2) is 11.9 Å². The zero-order valence-electron chi connectivity index (χ0n) is 22.1. The van der Waals surface area contributed by atoms with Gasteiger partial charge in [-0.25, -0.2) is 0 Å². The molecule has 0 spiro atoms. The monoisotopic (exact) mass is 532 g/mol. The van der Waals surface area contributed by atoms with Gasteiger partial charge in [0.25, 0.3) is 0 Å². The zero-order valence-corrected chi connectivity index (χ0v) is 22.1. The van der Waals surface area contributed by atoms with E-state index < -0.39 is 42.4 Å². The molecule has 3 aromatic carbocycles. The van der Waals surface area contributed by atoms with Crippen LogP contribution in [-0.2, 0) is 48.2 Å². The molecule has 0 saturated carbocycles. The second-order valence-corrected chi connectivity index (χ2v) is 9.82. The number of ether oxygens (including phenoxy) is 6. The molecule has 0 aromatic heterocycles. The van der Waals surface area contributed by atoms with Crippen LogP contribution in [-0.4, -0.2) is 61.2 Å². The van der Waals surface area contributed by atoms with Crippen molar-refractivity contribution in [1.29, 1.82) is 0 Å². The van der Waals surface area contributed by atoms with E-state index in [1.165, 1.54) is 6.08 Å². The summed E-state index contributed by atoms with van der Waals surface area (Å²) in [5.41, 5.74) is 1.84. The number of fused-ring (bicyclic) bond motifs is 1. The molecule has 2 saturated heterocycles. The van der Waals surface area contributed by atoms with Crippen molar-refractivity contribution in [3.63, 3.8) is 0 Å². The fraction of sp³-hybridized carbons (Fsp3) is 0.375. The average molecular weight is 533 g/mol. The molecule has 2 fully saturated rings. The molecule has 206 valence electrons. The lowest BCUT2D eigenvalue weighted by molar-refractivity contribution is -0.348. The molecule has 3 aromatic rings. The first-order valence-corrected chi connectivity index (χ1v) is 13.2. The predicted molar refractivity (Wildman–Crippen MR) is 146 cm³/mol. The van der Waals surface area contributed by atoms with E-state index >= 15 is 0 Å². The number of aliphatic hydroxyl groups excluding tert-OH is 1. The van der Waals surface area contributed by atoms with Crippen LogP contribution in [0.4, 0.5) is 0 Å². The minimum Gasteiger partial charge on any atom is -0.386 e. The molecule has 7 heteroatoms. The van der Waals surface area contributed by atoms with Crippen LogP contribution in [0.25, 0.3) is 0 Å². The Morgan fingerprint density at radius 1 is 0.872 bits per heavy atom. The summed E-state index contributed by atoms with van der Waals surface area (Å²) in [4.78, 5) is 0. The topological polar surface area (TPSA) is 75.6 Å². The minimum atomic E-state index is -1.16. The molecular weight excluding hydrogens is 496 g/mol. The van der Waals surface area contributed by atoms with Gasteiger partial charge in [-0.1, -0.05) is 97.1 Å². The number of hydrogen-bond acceptors (Lipinski definition) is 7. The Balaban J connectivity index is 1.54. The third kappa shape index (κ3) is 6.00. The molecule has 2 heterocycles. The van der Waals surface area contributed by atoms with Crippen LogP contribution in [0.3, 0.4) is 0 Å². The van der Waals surface area contributed by atoms with Crippen LogP contribution >= 0.6 is 0 Å². The van der Waals surface area contributed by atoms with Gasteiger partial charge in [-0.3, -0.25) is 0 Å². The third-order valence-corrected chi connectivity index (χ3v) is 7.37. The summed E-state index contributed by atoms with van der Waals surface area (Å²) in [5, 5.41) is 11.1. The van der Waals surface area contributed by atoms with Crippen LogP contribution in [0.5, 0.6) is 0 Å². The highest BCUT2D eigenvalue weighted by Gasteiger charge is 2.68. The van der Waals surface area contributed by atoms with Gasteiger partial charge in [-0.15, -0.1) is 6.58 Å². The van der Waals surface area contributed by atoms with E-state index in [1.54, 1.807) is 7.11 Å². The van der Waals surface area contributed by atoms with E-state index in [0.717, 1.165) is 16.7 Å². The van der Waals surface area contributed by atoms with Crippen LogP contribution < -0.4 is 0 Å². The molecule has 5 unspecified atom stereocenters. The Morgan fingerprint density at radius 3 is 1.95 bits per heavy atom. The summed E-state index contributed by atoms with van der Waals surface area (Å²) in [6.45, 7) is 4.97. The van der Waals surface area contributed by atoms with Crippen molar-refractivity contribution >= 4 is 0 Å². The second kappa shape index (κ2) is 13.0. The molecule has 1 N–H and O–H groups in total. The fourth-order valence-electron chi connectivity index (χ4n) is 5.37. The van der Waals surface area contributed by atoms with E-state index in [9.17, 15) is 5.11 Å². The molecule has 2 aliphatic heterocycles. The smallest absolute Gasteiger partial charge is 0.187 e. The molecule has 0 bridgehead atoms. The number of rotatable bonds is 12. The lowest BCUT2D eigenvalue weighted by Gasteiger charge is -2.52. The Kier molecular flexibility index (Phi) is 9.21. The van der Waals surface area contributed by atoms with Crippen molar-refractivity contribution in [2.24, 2.45) is 0 Å². The largest absolute Gasteiger partial charge is 0.386 e. The van der Waals surface area contributed by atoms with Crippen molar-refractivity contribution in [1.82, 2.24) is 0 Å². The van der Waals surface area contributed by atoms with Crippen molar-refractivity contribution < 1.29 is 33.5 Å². The second-order valence-electron chi connectivity index (χ2n) is 9.82. The predicted octanol–water partition coefficient (Wildman–Crippen LogP) is 4.43. The van der Waals surface area contributed by atoms with Gasteiger partial charge in [0, 0.05) is 7.11 Å². The van der Waals surface area contributed by atoms with Crippen LogP contribution in [0.15, 0.2) is 104 Å². The van der Waals surface area contributed by atoms with Gasteiger partial charge < -0.3 is 33.5 Å². The summed E-state index contributed by atoms with van der Waals surface area (Å²) in [6.07, 6.45) is -3.23. The van der Waals surface area contributed by atoms with Gasteiger partial charge >= 0.3 is 0 Å². The maximum Gasteiger partial charge on any atom is 0.187 e. The highest BCUT2D eigenvalue weighted by molar-refractivity contribution is 5.20. The van der Waals surface area contributed by atoms with Crippen molar-refractivity contribution in [2.75, 3.05) is 13.7 Å². The molecule has 0 amide bonds. The number of methoxy groups -OCH3 is 1.